The summed E-state index contributed by atoms with van der Waals surface area (Å²) in [6.45, 7) is 0.192. The lowest BCUT2D eigenvalue weighted by Gasteiger charge is -2.24. The minimum absolute atomic E-state index is 0.192. The van der Waals surface area contributed by atoms with E-state index in [-0.39, 0.29) is 18.0 Å². The van der Waals surface area contributed by atoms with E-state index in [0.717, 1.165) is 0 Å². The van der Waals surface area contributed by atoms with Crippen LogP contribution in [-0.2, 0) is 0 Å². The van der Waals surface area contributed by atoms with E-state index in [1.807, 2.05) is 0 Å². The Hall–Kier alpha value is -1.73. The summed E-state index contributed by atoms with van der Waals surface area (Å²) >= 11 is 17.1. The van der Waals surface area contributed by atoms with Crippen LogP contribution in [-0.4, -0.2) is 38.9 Å². The predicted octanol–water partition coefficient (Wildman–Crippen LogP) is 3.77. The quantitative estimate of drug-likeness (QED) is 0.473. The van der Waals surface area contributed by atoms with E-state index in [9.17, 15) is 15.3 Å². The van der Waals surface area contributed by atoms with Gasteiger partial charge in [0.05, 0.1) is 16.1 Å². The van der Waals surface area contributed by atoms with Crippen molar-refractivity contribution in [1.29, 1.82) is 0 Å². The van der Waals surface area contributed by atoms with Crippen LogP contribution in [0.1, 0.15) is 11.7 Å². The van der Waals surface area contributed by atoms with Gasteiger partial charge >= 0.3 is 0 Å². The van der Waals surface area contributed by atoms with Crippen molar-refractivity contribution in [1.82, 2.24) is 4.90 Å². The molecule has 128 valence electrons. The van der Waals surface area contributed by atoms with E-state index < -0.39 is 6.10 Å². The highest BCUT2D eigenvalue weighted by Gasteiger charge is 2.15. The SMILES string of the molecule is CN(CC(O)c1ccc(O)c(O)c1)C(=S)Nc1ccc(Cl)c(Cl)c1. The molecule has 0 aliphatic heterocycles. The first kappa shape index (κ1) is 18.6. The Labute approximate surface area is 155 Å². The molecule has 0 saturated carbocycles. The molecule has 0 heterocycles. The molecule has 4 N–H and O–H groups in total. The lowest BCUT2D eigenvalue weighted by molar-refractivity contribution is 0.152. The van der Waals surface area contributed by atoms with E-state index in [1.165, 1.54) is 18.2 Å². The van der Waals surface area contributed by atoms with Crippen molar-refractivity contribution in [3.63, 3.8) is 0 Å². The average Bonchev–Trinajstić information content (AvgIpc) is 2.53. The minimum Gasteiger partial charge on any atom is -0.504 e. The summed E-state index contributed by atoms with van der Waals surface area (Å²) < 4.78 is 0. The number of hydrogen-bond acceptors (Lipinski definition) is 4. The second-order valence-corrected chi connectivity index (χ2v) is 6.40. The molecule has 0 fully saturated rings. The van der Waals surface area contributed by atoms with Crippen LogP contribution < -0.4 is 5.32 Å². The topological polar surface area (TPSA) is 76.0 Å². The zero-order valence-corrected chi connectivity index (χ0v) is 15.0. The van der Waals surface area contributed by atoms with Gasteiger partial charge in [0.2, 0.25) is 0 Å². The standard InChI is InChI=1S/C16H16Cl2N2O3S/c1-20(8-15(23)9-2-5-13(21)14(22)6-9)16(24)19-10-3-4-11(17)12(18)7-10/h2-7,15,21-23H,8H2,1H3,(H,19,24). The maximum Gasteiger partial charge on any atom is 0.173 e. The number of aliphatic hydroxyl groups excluding tert-OH is 1. The smallest absolute Gasteiger partial charge is 0.173 e. The van der Waals surface area contributed by atoms with Crippen molar-refractivity contribution in [2.24, 2.45) is 0 Å². The van der Waals surface area contributed by atoms with Gasteiger partial charge in [-0.2, -0.15) is 0 Å². The Balaban J connectivity index is 1.99. The first-order valence-electron chi connectivity index (χ1n) is 6.95. The van der Waals surface area contributed by atoms with Crippen molar-refractivity contribution in [3.05, 3.63) is 52.0 Å². The summed E-state index contributed by atoms with van der Waals surface area (Å²) in [6, 6.07) is 9.20. The number of aliphatic hydroxyl groups is 1. The summed E-state index contributed by atoms with van der Waals surface area (Å²) in [5.41, 5.74) is 1.15. The third-order valence-corrected chi connectivity index (χ3v) is 4.50. The van der Waals surface area contributed by atoms with Crippen molar-refractivity contribution in [3.8, 4) is 11.5 Å². The third kappa shape index (κ3) is 4.64. The van der Waals surface area contributed by atoms with Crippen LogP contribution >= 0.6 is 35.4 Å². The molecule has 0 saturated heterocycles. The number of phenolic OH excluding ortho intramolecular Hbond substituents is 2. The largest absolute Gasteiger partial charge is 0.504 e. The van der Waals surface area contributed by atoms with Crippen molar-refractivity contribution in [2.75, 3.05) is 18.9 Å². The van der Waals surface area contributed by atoms with E-state index in [2.05, 4.69) is 5.32 Å². The number of rotatable bonds is 4. The zero-order valence-electron chi connectivity index (χ0n) is 12.7. The van der Waals surface area contributed by atoms with Crippen LogP contribution in [0.2, 0.25) is 10.0 Å². The number of nitrogens with one attached hydrogen (secondary N) is 1. The summed E-state index contributed by atoms with van der Waals surface area (Å²) in [6.07, 6.45) is -0.893. The summed E-state index contributed by atoms with van der Waals surface area (Å²) in [4.78, 5) is 1.65. The molecule has 24 heavy (non-hydrogen) atoms. The molecular weight excluding hydrogens is 371 g/mol. The highest BCUT2D eigenvalue weighted by molar-refractivity contribution is 7.80. The van der Waals surface area contributed by atoms with Crippen LogP contribution in [0.4, 0.5) is 5.69 Å². The third-order valence-electron chi connectivity index (χ3n) is 3.35. The van der Waals surface area contributed by atoms with Gasteiger partial charge in [-0.05, 0) is 48.1 Å². The fraction of sp³-hybridized carbons (Fsp3) is 0.188. The van der Waals surface area contributed by atoms with E-state index in [4.69, 9.17) is 35.4 Å². The highest BCUT2D eigenvalue weighted by atomic mass is 35.5. The number of likely N-dealkylation sites (N-methyl/N-ethyl adjacent to an activating group) is 1. The van der Waals surface area contributed by atoms with Gasteiger partial charge in [0.25, 0.3) is 0 Å². The Morgan fingerprint density at radius 3 is 2.46 bits per heavy atom. The van der Waals surface area contributed by atoms with Gasteiger partial charge in [-0.25, -0.2) is 0 Å². The van der Waals surface area contributed by atoms with Crippen LogP contribution in [0.25, 0.3) is 0 Å². The van der Waals surface area contributed by atoms with Crippen LogP contribution in [0, 0.1) is 0 Å². The van der Waals surface area contributed by atoms with Crippen LogP contribution in [0.5, 0.6) is 11.5 Å². The Bertz CT molecular complexity index is 758. The molecule has 0 radical (unpaired) electrons. The molecule has 5 nitrogen and oxygen atoms in total. The number of aromatic hydroxyl groups is 2. The minimum atomic E-state index is -0.893. The molecule has 1 unspecified atom stereocenters. The Kier molecular flexibility index (Phi) is 6.12. The van der Waals surface area contributed by atoms with E-state index in [0.29, 0.717) is 26.4 Å². The average molecular weight is 387 g/mol. The van der Waals surface area contributed by atoms with Crippen molar-refractivity contribution < 1.29 is 15.3 Å². The first-order valence-corrected chi connectivity index (χ1v) is 8.11. The molecule has 0 bridgehead atoms. The molecule has 2 aromatic rings. The predicted molar refractivity (Wildman–Crippen MR) is 100 cm³/mol. The fourth-order valence-corrected chi connectivity index (χ4v) is 2.48. The molecule has 0 spiro atoms. The number of phenols is 2. The number of halogens is 2. The maximum absolute atomic E-state index is 10.2. The van der Waals surface area contributed by atoms with E-state index >= 15 is 0 Å². The summed E-state index contributed by atoms with van der Waals surface area (Å²) in [7, 11) is 1.72. The molecule has 0 aromatic heterocycles. The van der Waals surface area contributed by atoms with Gasteiger partial charge in [-0.3, -0.25) is 0 Å². The summed E-state index contributed by atoms with van der Waals surface area (Å²) in [5.74, 6) is -0.526. The number of anilines is 1. The molecule has 1 atom stereocenters. The second kappa shape index (κ2) is 7.90. The normalized spacial score (nSPS) is 11.8. The van der Waals surface area contributed by atoms with Gasteiger partial charge in [0.15, 0.2) is 16.6 Å². The van der Waals surface area contributed by atoms with Gasteiger partial charge in [0.1, 0.15) is 0 Å². The monoisotopic (exact) mass is 386 g/mol. The highest BCUT2D eigenvalue weighted by Crippen LogP contribution is 2.28. The second-order valence-electron chi connectivity index (χ2n) is 5.20. The van der Waals surface area contributed by atoms with Crippen LogP contribution in [0.15, 0.2) is 36.4 Å². The van der Waals surface area contributed by atoms with Crippen LogP contribution in [0.3, 0.4) is 0 Å². The lowest BCUT2D eigenvalue weighted by atomic mass is 10.1. The molecule has 0 aliphatic rings. The van der Waals surface area contributed by atoms with Gasteiger partial charge in [0, 0.05) is 19.3 Å². The molecule has 2 aromatic carbocycles. The molecule has 0 amide bonds. The van der Waals surface area contributed by atoms with Crippen molar-refractivity contribution in [2.45, 2.75) is 6.10 Å². The number of hydrogen-bond donors (Lipinski definition) is 4. The number of thiocarbonyl (C=S) groups is 1. The number of nitrogens with zero attached hydrogens (tertiary/aromatic N) is 1. The number of benzene rings is 2. The van der Waals surface area contributed by atoms with Gasteiger partial charge in [-0.15, -0.1) is 0 Å². The van der Waals surface area contributed by atoms with E-state index in [1.54, 1.807) is 30.1 Å². The first-order chi connectivity index (χ1) is 11.3. The molecule has 2 rings (SSSR count). The molecule has 0 aliphatic carbocycles. The molecular formula is C16H16Cl2N2O3S. The fourth-order valence-electron chi connectivity index (χ4n) is 1.99. The van der Waals surface area contributed by atoms with Gasteiger partial charge < -0.3 is 25.5 Å². The molecule has 8 heteroatoms. The van der Waals surface area contributed by atoms with Crippen molar-refractivity contribution >= 4 is 46.2 Å². The zero-order chi connectivity index (χ0) is 17.9. The van der Waals surface area contributed by atoms with Gasteiger partial charge in [-0.1, -0.05) is 29.3 Å². The Morgan fingerprint density at radius 1 is 1.12 bits per heavy atom. The lowest BCUT2D eigenvalue weighted by Crippen LogP contribution is -2.34. The maximum atomic E-state index is 10.2. The summed E-state index contributed by atoms with van der Waals surface area (Å²) in [5, 5.41) is 33.3. The Morgan fingerprint density at radius 2 is 1.83 bits per heavy atom.